The van der Waals surface area contributed by atoms with Crippen molar-refractivity contribution in [1.82, 2.24) is 0 Å². The Morgan fingerprint density at radius 3 is 2.29 bits per heavy atom. The van der Waals surface area contributed by atoms with E-state index in [1.54, 1.807) is 0 Å². The molecule has 0 fully saturated rings. The zero-order chi connectivity index (χ0) is 10.8. The van der Waals surface area contributed by atoms with Gasteiger partial charge in [-0.15, -0.1) is 0 Å². The standard InChI is InChI=1S/C14H18/c1-6-12-9-8-11(3)10-14(4,5)13(12)7-2/h6-10H,1-2H2,3-5H3. The second kappa shape index (κ2) is 3.83. The van der Waals surface area contributed by atoms with Crippen LogP contribution in [0.1, 0.15) is 20.8 Å². The molecular formula is C14H18. The Labute approximate surface area is 87.0 Å². The van der Waals surface area contributed by atoms with E-state index in [1.165, 1.54) is 11.1 Å². The molecule has 0 saturated carbocycles. The normalized spacial score (nSPS) is 20.1. The minimum absolute atomic E-state index is 0.0405. The number of allylic oxidation sites excluding steroid dienone is 8. The molecule has 14 heavy (non-hydrogen) atoms. The van der Waals surface area contributed by atoms with Crippen molar-refractivity contribution in [2.75, 3.05) is 0 Å². The molecule has 0 heterocycles. The fourth-order valence-corrected chi connectivity index (χ4v) is 1.94. The molecule has 1 aliphatic rings. The topological polar surface area (TPSA) is 0 Å². The van der Waals surface area contributed by atoms with Crippen LogP contribution in [0.3, 0.4) is 0 Å². The second-order valence-electron chi connectivity index (χ2n) is 4.22. The van der Waals surface area contributed by atoms with Gasteiger partial charge in [0.05, 0.1) is 0 Å². The van der Waals surface area contributed by atoms with E-state index in [-0.39, 0.29) is 5.41 Å². The average Bonchev–Trinajstić information content (AvgIpc) is 2.20. The summed E-state index contributed by atoms with van der Waals surface area (Å²) < 4.78 is 0. The summed E-state index contributed by atoms with van der Waals surface area (Å²) in [6, 6.07) is 0. The van der Waals surface area contributed by atoms with E-state index in [0.717, 1.165) is 5.57 Å². The molecule has 0 N–H and O–H groups in total. The highest BCUT2D eigenvalue weighted by Crippen LogP contribution is 2.35. The lowest BCUT2D eigenvalue weighted by atomic mass is 9.81. The third-order valence-corrected chi connectivity index (χ3v) is 2.54. The predicted molar refractivity (Wildman–Crippen MR) is 64.1 cm³/mol. The molecule has 74 valence electrons. The summed E-state index contributed by atoms with van der Waals surface area (Å²) in [7, 11) is 0. The molecular weight excluding hydrogens is 168 g/mol. The van der Waals surface area contributed by atoms with Gasteiger partial charge in [-0.3, -0.25) is 0 Å². The monoisotopic (exact) mass is 186 g/mol. The van der Waals surface area contributed by atoms with Gasteiger partial charge in [0.15, 0.2) is 0 Å². The van der Waals surface area contributed by atoms with Crippen LogP contribution in [0, 0.1) is 5.41 Å². The Morgan fingerprint density at radius 1 is 1.14 bits per heavy atom. The van der Waals surface area contributed by atoms with Gasteiger partial charge < -0.3 is 0 Å². The molecule has 0 heteroatoms. The van der Waals surface area contributed by atoms with Gasteiger partial charge in [0, 0.05) is 5.41 Å². The Morgan fingerprint density at radius 2 is 1.79 bits per heavy atom. The molecule has 0 aromatic heterocycles. The summed E-state index contributed by atoms with van der Waals surface area (Å²) in [5, 5.41) is 0. The SMILES string of the molecule is C=CC1=C(C=C)C(C)(C)C=C(C)C=C1. The summed E-state index contributed by atoms with van der Waals surface area (Å²) >= 11 is 0. The summed E-state index contributed by atoms with van der Waals surface area (Å²) in [4.78, 5) is 0. The molecule has 0 unspecified atom stereocenters. The van der Waals surface area contributed by atoms with Crippen LogP contribution >= 0.6 is 0 Å². The third kappa shape index (κ3) is 1.95. The first-order chi connectivity index (χ1) is 6.51. The van der Waals surface area contributed by atoms with Crippen LogP contribution in [0.5, 0.6) is 0 Å². The summed E-state index contributed by atoms with van der Waals surface area (Å²) in [6.07, 6.45) is 10.3. The van der Waals surface area contributed by atoms with Gasteiger partial charge in [0.2, 0.25) is 0 Å². The lowest BCUT2D eigenvalue weighted by Crippen LogP contribution is -2.11. The zero-order valence-electron chi connectivity index (χ0n) is 9.30. The Kier molecular flexibility index (Phi) is 2.95. The van der Waals surface area contributed by atoms with E-state index >= 15 is 0 Å². The largest absolute Gasteiger partial charge is 0.0987 e. The third-order valence-electron chi connectivity index (χ3n) is 2.54. The second-order valence-corrected chi connectivity index (χ2v) is 4.22. The number of hydrogen-bond donors (Lipinski definition) is 0. The van der Waals surface area contributed by atoms with Crippen molar-refractivity contribution in [2.24, 2.45) is 5.41 Å². The van der Waals surface area contributed by atoms with E-state index in [0.29, 0.717) is 0 Å². The molecule has 1 aliphatic carbocycles. The van der Waals surface area contributed by atoms with Crippen molar-refractivity contribution >= 4 is 0 Å². The fourth-order valence-electron chi connectivity index (χ4n) is 1.94. The summed E-state index contributed by atoms with van der Waals surface area (Å²) in [5.41, 5.74) is 3.73. The number of hydrogen-bond acceptors (Lipinski definition) is 0. The fraction of sp³-hybridized carbons (Fsp3) is 0.286. The molecule has 0 bridgehead atoms. The molecule has 0 nitrogen and oxygen atoms in total. The highest BCUT2D eigenvalue weighted by atomic mass is 14.3. The van der Waals surface area contributed by atoms with Gasteiger partial charge in [-0.25, -0.2) is 0 Å². The molecule has 1 rings (SSSR count). The van der Waals surface area contributed by atoms with Crippen molar-refractivity contribution in [3.63, 3.8) is 0 Å². The Bertz CT molecular complexity index is 346. The van der Waals surface area contributed by atoms with Crippen LogP contribution < -0.4 is 0 Å². The minimum Gasteiger partial charge on any atom is -0.0987 e. The van der Waals surface area contributed by atoms with Gasteiger partial charge in [0.25, 0.3) is 0 Å². The van der Waals surface area contributed by atoms with Gasteiger partial charge in [-0.2, -0.15) is 0 Å². The van der Waals surface area contributed by atoms with Gasteiger partial charge >= 0.3 is 0 Å². The first-order valence-electron chi connectivity index (χ1n) is 4.88. The first kappa shape index (κ1) is 10.8. The zero-order valence-corrected chi connectivity index (χ0v) is 9.30. The van der Waals surface area contributed by atoms with Crippen LogP contribution in [-0.2, 0) is 0 Å². The molecule has 0 aliphatic heterocycles. The highest BCUT2D eigenvalue weighted by Gasteiger charge is 2.21. The molecule has 0 aromatic rings. The quantitative estimate of drug-likeness (QED) is 0.606. The molecule has 0 saturated heterocycles. The van der Waals surface area contributed by atoms with E-state index in [1.807, 2.05) is 12.2 Å². The summed E-state index contributed by atoms with van der Waals surface area (Å²) in [5.74, 6) is 0. The van der Waals surface area contributed by atoms with Crippen LogP contribution in [0.4, 0.5) is 0 Å². The van der Waals surface area contributed by atoms with Crippen LogP contribution in [0.25, 0.3) is 0 Å². The van der Waals surface area contributed by atoms with Crippen LogP contribution in [0.15, 0.2) is 60.3 Å². The molecule has 0 aromatic carbocycles. The molecule has 0 radical (unpaired) electrons. The Balaban J connectivity index is 3.38. The summed E-state index contributed by atoms with van der Waals surface area (Å²) in [6.45, 7) is 14.2. The van der Waals surface area contributed by atoms with Gasteiger partial charge in [-0.05, 0) is 18.1 Å². The van der Waals surface area contributed by atoms with E-state index in [4.69, 9.17) is 0 Å². The minimum atomic E-state index is 0.0405. The van der Waals surface area contributed by atoms with Crippen molar-refractivity contribution in [3.05, 3.63) is 60.3 Å². The maximum atomic E-state index is 3.88. The lowest BCUT2D eigenvalue weighted by Gasteiger charge is -2.23. The lowest BCUT2D eigenvalue weighted by molar-refractivity contribution is 0.590. The van der Waals surface area contributed by atoms with Gasteiger partial charge in [-0.1, -0.05) is 63.0 Å². The van der Waals surface area contributed by atoms with Crippen molar-refractivity contribution in [3.8, 4) is 0 Å². The first-order valence-corrected chi connectivity index (χ1v) is 4.88. The van der Waals surface area contributed by atoms with E-state index in [9.17, 15) is 0 Å². The molecule has 0 amide bonds. The maximum Gasteiger partial charge on any atom is 0.00867 e. The van der Waals surface area contributed by atoms with Crippen molar-refractivity contribution in [1.29, 1.82) is 0 Å². The predicted octanol–water partition coefficient (Wildman–Crippen LogP) is 4.20. The van der Waals surface area contributed by atoms with Crippen LogP contribution in [-0.4, -0.2) is 0 Å². The Hall–Kier alpha value is -1.30. The molecule has 0 atom stereocenters. The highest BCUT2D eigenvalue weighted by molar-refractivity contribution is 5.49. The average molecular weight is 186 g/mol. The van der Waals surface area contributed by atoms with E-state index < -0.39 is 0 Å². The van der Waals surface area contributed by atoms with Crippen LogP contribution in [0.2, 0.25) is 0 Å². The van der Waals surface area contributed by atoms with Crippen molar-refractivity contribution in [2.45, 2.75) is 20.8 Å². The van der Waals surface area contributed by atoms with Gasteiger partial charge in [0.1, 0.15) is 0 Å². The number of rotatable bonds is 2. The van der Waals surface area contributed by atoms with E-state index in [2.05, 4.69) is 52.2 Å². The van der Waals surface area contributed by atoms with Crippen molar-refractivity contribution < 1.29 is 0 Å². The smallest absolute Gasteiger partial charge is 0.00867 e. The maximum absolute atomic E-state index is 3.88. The molecule has 0 spiro atoms.